The van der Waals surface area contributed by atoms with Crippen molar-refractivity contribution < 1.29 is 9.66 Å². The molecule has 2 aromatic rings. The van der Waals surface area contributed by atoms with Gasteiger partial charge in [0.05, 0.1) is 9.40 Å². The van der Waals surface area contributed by atoms with Crippen molar-refractivity contribution in [2.24, 2.45) is 0 Å². The molecule has 2 aromatic carbocycles. The maximum absolute atomic E-state index is 10.9. The molecule has 0 amide bonds. The summed E-state index contributed by atoms with van der Waals surface area (Å²) in [7, 11) is 1.87. The van der Waals surface area contributed by atoms with Crippen molar-refractivity contribution >= 4 is 37.5 Å². The van der Waals surface area contributed by atoms with E-state index in [0.717, 1.165) is 16.6 Å². The number of hydrogen-bond donors (Lipinski definition) is 1. The van der Waals surface area contributed by atoms with Gasteiger partial charge in [0.1, 0.15) is 16.0 Å². The van der Waals surface area contributed by atoms with Crippen LogP contribution in [-0.2, 0) is 6.54 Å². The van der Waals surface area contributed by atoms with E-state index in [9.17, 15) is 10.1 Å². The highest BCUT2D eigenvalue weighted by molar-refractivity contribution is 9.11. The van der Waals surface area contributed by atoms with Gasteiger partial charge in [-0.2, -0.15) is 0 Å². The largest absolute Gasteiger partial charge is 0.455 e. The molecular weight excluding hydrogens is 404 g/mol. The van der Waals surface area contributed by atoms with Gasteiger partial charge in [0.15, 0.2) is 0 Å². The Morgan fingerprint density at radius 1 is 1.24 bits per heavy atom. The van der Waals surface area contributed by atoms with Crippen LogP contribution in [0.4, 0.5) is 5.69 Å². The molecule has 2 rings (SSSR count). The number of nitro groups is 1. The molecule has 0 heterocycles. The smallest absolute Gasteiger partial charge is 0.287 e. The summed E-state index contributed by atoms with van der Waals surface area (Å²) in [6.45, 7) is 0.749. The van der Waals surface area contributed by atoms with E-state index in [1.165, 1.54) is 6.07 Å². The maximum atomic E-state index is 10.9. The SMILES string of the molecule is CNCc1ccc(Oc2cccc([N+](=O)[O-])c2Br)c(Br)c1. The normalized spacial score (nSPS) is 10.4. The van der Waals surface area contributed by atoms with Crippen LogP contribution in [0, 0.1) is 10.1 Å². The van der Waals surface area contributed by atoms with Crippen molar-refractivity contribution in [3.63, 3.8) is 0 Å². The molecular formula is C14H12Br2N2O3. The van der Waals surface area contributed by atoms with Crippen LogP contribution in [0.25, 0.3) is 0 Å². The Morgan fingerprint density at radius 2 is 2.00 bits per heavy atom. The zero-order chi connectivity index (χ0) is 15.4. The standard InChI is InChI=1S/C14H12Br2N2O3/c1-17-8-9-5-6-12(10(15)7-9)21-13-4-2-3-11(14(13)16)18(19)20/h2-7,17H,8H2,1H3. The van der Waals surface area contributed by atoms with Crippen molar-refractivity contribution in [1.82, 2.24) is 5.32 Å². The third-order valence-electron chi connectivity index (χ3n) is 2.74. The van der Waals surface area contributed by atoms with Gasteiger partial charge in [-0.15, -0.1) is 0 Å². The van der Waals surface area contributed by atoms with Crippen molar-refractivity contribution in [2.45, 2.75) is 6.54 Å². The Bertz CT molecular complexity index is 677. The monoisotopic (exact) mass is 414 g/mol. The highest BCUT2D eigenvalue weighted by Gasteiger charge is 2.17. The Hall–Kier alpha value is -1.44. The summed E-state index contributed by atoms with van der Waals surface area (Å²) < 4.78 is 6.85. The number of rotatable bonds is 5. The second-order valence-electron chi connectivity index (χ2n) is 4.24. The van der Waals surface area contributed by atoms with Gasteiger partial charge < -0.3 is 10.1 Å². The second kappa shape index (κ2) is 7.02. The molecule has 21 heavy (non-hydrogen) atoms. The fourth-order valence-electron chi connectivity index (χ4n) is 1.78. The summed E-state index contributed by atoms with van der Waals surface area (Å²) in [6, 6.07) is 10.4. The Kier molecular flexibility index (Phi) is 5.33. The van der Waals surface area contributed by atoms with Crippen LogP contribution in [0.15, 0.2) is 45.3 Å². The van der Waals surface area contributed by atoms with Crippen LogP contribution >= 0.6 is 31.9 Å². The van der Waals surface area contributed by atoms with Gasteiger partial charge in [-0.25, -0.2) is 0 Å². The van der Waals surface area contributed by atoms with Gasteiger partial charge >= 0.3 is 0 Å². The number of hydrogen-bond acceptors (Lipinski definition) is 4. The van der Waals surface area contributed by atoms with E-state index < -0.39 is 4.92 Å². The van der Waals surface area contributed by atoms with Gasteiger partial charge in [0, 0.05) is 12.6 Å². The number of benzene rings is 2. The van der Waals surface area contributed by atoms with E-state index in [-0.39, 0.29) is 5.69 Å². The number of nitrogens with one attached hydrogen (secondary N) is 1. The lowest BCUT2D eigenvalue weighted by molar-refractivity contribution is -0.385. The van der Waals surface area contributed by atoms with E-state index >= 15 is 0 Å². The van der Waals surface area contributed by atoms with E-state index in [1.54, 1.807) is 12.1 Å². The van der Waals surface area contributed by atoms with Gasteiger partial charge in [0.25, 0.3) is 5.69 Å². The topological polar surface area (TPSA) is 64.4 Å². The minimum atomic E-state index is -0.456. The lowest BCUT2D eigenvalue weighted by atomic mass is 10.2. The molecule has 0 spiro atoms. The molecule has 0 aromatic heterocycles. The van der Waals surface area contributed by atoms with Crippen LogP contribution in [-0.4, -0.2) is 12.0 Å². The molecule has 0 saturated heterocycles. The predicted octanol–water partition coefficient (Wildman–Crippen LogP) is 4.63. The maximum Gasteiger partial charge on any atom is 0.287 e. The Morgan fingerprint density at radius 3 is 2.62 bits per heavy atom. The molecule has 0 radical (unpaired) electrons. The number of nitro benzene ring substituents is 1. The van der Waals surface area contributed by atoms with Crippen molar-refractivity contribution in [3.05, 3.63) is 61.0 Å². The third kappa shape index (κ3) is 3.81. The van der Waals surface area contributed by atoms with Crippen LogP contribution in [0.2, 0.25) is 0 Å². The molecule has 1 N–H and O–H groups in total. The lowest BCUT2D eigenvalue weighted by Crippen LogP contribution is -2.04. The molecule has 5 nitrogen and oxygen atoms in total. The van der Waals surface area contributed by atoms with Crippen LogP contribution < -0.4 is 10.1 Å². The Balaban J connectivity index is 2.30. The lowest BCUT2D eigenvalue weighted by Gasteiger charge is -2.11. The van der Waals surface area contributed by atoms with E-state index in [4.69, 9.17) is 4.74 Å². The zero-order valence-corrected chi connectivity index (χ0v) is 14.3. The first-order valence-corrected chi connectivity index (χ1v) is 7.65. The van der Waals surface area contributed by atoms with E-state index in [2.05, 4.69) is 37.2 Å². The number of halogens is 2. The highest BCUT2D eigenvalue weighted by atomic mass is 79.9. The molecule has 0 unspecified atom stereocenters. The molecule has 0 saturated carbocycles. The summed E-state index contributed by atoms with van der Waals surface area (Å²) in [6.07, 6.45) is 0. The minimum absolute atomic E-state index is 0.0320. The molecule has 0 atom stereocenters. The predicted molar refractivity (Wildman–Crippen MR) is 87.8 cm³/mol. The third-order valence-corrected chi connectivity index (χ3v) is 4.15. The summed E-state index contributed by atoms with van der Waals surface area (Å²) in [4.78, 5) is 10.5. The zero-order valence-electron chi connectivity index (χ0n) is 11.1. The van der Waals surface area contributed by atoms with Crippen LogP contribution in [0.5, 0.6) is 11.5 Å². The molecule has 0 aliphatic carbocycles. The van der Waals surface area contributed by atoms with Crippen molar-refractivity contribution in [1.29, 1.82) is 0 Å². The summed E-state index contributed by atoms with van der Waals surface area (Å²) in [5.74, 6) is 0.988. The van der Waals surface area contributed by atoms with Crippen LogP contribution in [0.1, 0.15) is 5.56 Å². The number of nitrogens with zero attached hydrogens (tertiary/aromatic N) is 1. The summed E-state index contributed by atoms with van der Waals surface area (Å²) >= 11 is 6.66. The van der Waals surface area contributed by atoms with Crippen molar-refractivity contribution in [3.8, 4) is 11.5 Å². The number of ether oxygens (including phenoxy) is 1. The first kappa shape index (κ1) is 15.9. The minimum Gasteiger partial charge on any atom is -0.455 e. The quantitative estimate of drug-likeness (QED) is 0.571. The summed E-state index contributed by atoms with van der Waals surface area (Å²) in [5.41, 5.74) is 1.07. The molecule has 0 bridgehead atoms. The Labute approximate surface area is 138 Å². The average molecular weight is 416 g/mol. The average Bonchev–Trinajstić information content (AvgIpc) is 2.44. The van der Waals surface area contributed by atoms with Crippen LogP contribution in [0.3, 0.4) is 0 Å². The molecule has 7 heteroatoms. The van der Waals surface area contributed by atoms with Gasteiger partial charge in [-0.1, -0.05) is 12.1 Å². The fraction of sp³-hybridized carbons (Fsp3) is 0.143. The molecule has 110 valence electrons. The first-order valence-electron chi connectivity index (χ1n) is 6.06. The summed E-state index contributed by atoms with van der Waals surface area (Å²) in [5, 5.41) is 14.0. The van der Waals surface area contributed by atoms with Gasteiger partial charge in [-0.05, 0) is 62.7 Å². The van der Waals surface area contributed by atoms with Gasteiger partial charge in [0.2, 0.25) is 0 Å². The van der Waals surface area contributed by atoms with E-state index in [1.807, 2.05) is 25.2 Å². The first-order chi connectivity index (χ1) is 10.0. The second-order valence-corrected chi connectivity index (χ2v) is 5.89. The fourth-order valence-corrected chi connectivity index (χ4v) is 2.78. The highest BCUT2D eigenvalue weighted by Crippen LogP contribution is 2.38. The molecule has 0 aliphatic heterocycles. The molecule has 0 fully saturated rings. The van der Waals surface area contributed by atoms with E-state index in [0.29, 0.717) is 16.0 Å². The van der Waals surface area contributed by atoms with Gasteiger partial charge in [-0.3, -0.25) is 10.1 Å². The van der Waals surface area contributed by atoms with Crippen molar-refractivity contribution in [2.75, 3.05) is 7.05 Å². The molecule has 0 aliphatic rings.